The van der Waals surface area contributed by atoms with Crippen LogP contribution in [0.25, 0.3) is 0 Å². The molecule has 0 fully saturated rings. The zero-order valence-corrected chi connectivity index (χ0v) is 12.4. The van der Waals surface area contributed by atoms with Gasteiger partial charge < -0.3 is 15.5 Å². The Morgan fingerprint density at radius 2 is 1.89 bits per heavy atom. The quantitative estimate of drug-likeness (QED) is 0.851. The number of rotatable bonds is 6. The summed E-state index contributed by atoms with van der Waals surface area (Å²) in [6, 6.07) is 6.06. The second-order valence-corrected chi connectivity index (χ2v) is 4.71. The predicted molar refractivity (Wildman–Crippen MR) is 80.3 cm³/mol. The molecule has 0 aliphatic heterocycles. The molecular formula is C15H25N3O. The zero-order valence-electron chi connectivity index (χ0n) is 12.4. The van der Waals surface area contributed by atoms with Gasteiger partial charge in [0.05, 0.1) is 6.54 Å². The number of nitrogens with two attached hydrogens (primary N) is 1. The fourth-order valence-corrected chi connectivity index (χ4v) is 2.39. The van der Waals surface area contributed by atoms with Gasteiger partial charge in [-0.05, 0) is 31.9 Å². The number of hydrogen-bond donors (Lipinski definition) is 1. The third-order valence-electron chi connectivity index (χ3n) is 3.41. The lowest BCUT2D eigenvalue weighted by Crippen LogP contribution is -2.39. The second-order valence-electron chi connectivity index (χ2n) is 4.71. The summed E-state index contributed by atoms with van der Waals surface area (Å²) in [5.74, 6) is 0.152. The monoisotopic (exact) mass is 263 g/mol. The first-order valence-corrected chi connectivity index (χ1v) is 6.82. The molecular weight excluding hydrogens is 238 g/mol. The van der Waals surface area contributed by atoms with Gasteiger partial charge in [0, 0.05) is 32.4 Å². The first kappa shape index (κ1) is 15.5. The van der Waals surface area contributed by atoms with E-state index in [4.69, 9.17) is 5.73 Å². The van der Waals surface area contributed by atoms with Crippen LogP contribution >= 0.6 is 0 Å². The van der Waals surface area contributed by atoms with Gasteiger partial charge in [-0.1, -0.05) is 18.2 Å². The molecule has 4 heteroatoms. The van der Waals surface area contributed by atoms with E-state index in [-0.39, 0.29) is 5.91 Å². The van der Waals surface area contributed by atoms with Crippen molar-refractivity contribution in [1.29, 1.82) is 0 Å². The minimum absolute atomic E-state index is 0.152. The molecule has 1 aromatic rings. The van der Waals surface area contributed by atoms with Gasteiger partial charge in [0.2, 0.25) is 5.91 Å². The van der Waals surface area contributed by atoms with Crippen LogP contribution in [-0.2, 0) is 11.3 Å². The summed E-state index contributed by atoms with van der Waals surface area (Å²) in [4.78, 5) is 16.0. The summed E-state index contributed by atoms with van der Waals surface area (Å²) in [5, 5.41) is 0. The molecule has 1 amide bonds. The maximum atomic E-state index is 12.2. The van der Waals surface area contributed by atoms with Crippen molar-refractivity contribution in [2.24, 2.45) is 5.73 Å². The van der Waals surface area contributed by atoms with Crippen molar-refractivity contribution in [3.05, 3.63) is 29.3 Å². The molecule has 1 rings (SSSR count). The largest absolute Gasteiger partial charge is 0.365 e. The Hall–Kier alpha value is -1.55. The molecule has 0 heterocycles. The standard InChI is InChI=1S/C15H25N3O/c1-5-18(6-2)14(19)11-17(4)15-12(3)8-7-9-13(15)10-16/h7-9H,5-6,10-11,16H2,1-4H3. The van der Waals surface area contributed by atoms with Crippen molar-refractivity contribution >= 4 is 11.6 Å². The van der Waals surface area contributed by atoms with E-state index in [1.165, 1.54) is 0 Å². The van der Waals surface area contributed by atoms with Crippen LogP contribution in [0, 0.1) is 6.92 Å². The van der Waals surface area contributed by atoms with Crippen LogP contribution in [0.5, 0.6) is 0 Å². The van der Waals surface area contributed by atoms with Gasteiger partial charge in [0.1, 0.15) is 0 Å². The van der Waals surface area contributed by atoms with Crippen LogP contribution in [0.15, 0.2) is 18.2 Å². The van der Waals surface area contributed by atoms with Crippen LogP contribution in [0.2, 0.25) is 0 Å². The van der Waals surface area contributed by atoms with Gasteiger partial charge in [0.15, 0.2) is 0 Å². The van der Waals surface area contributed by atoms with Crippen molar-refractivity contribution in [1.82, 2.24) is 4.90 Å². The van der Waals surface area contributed by atoms with Crippen LogP contribution in [0.4, 0.5) is 5.69 Å². The lowest BCUT2D eigenvalue weighted by Gasteiger charge is -2.27. The number of benzene rings is 1. The molecule has 0 radical (unpaired) electrons. The van der Waals surface area contributed by atoms with E-state index in [1.54, 1.807) is 0 Å². The predicted octanol–water partition coefficient (Wildman–Crippen LogP) is 1.76. The van der Waals surface area contributed by atoms with Crippen molar-refractivity contribution in [2.75, 3.05) is 31.6 Å². The molecule has 0 atom stereocenters. The van der Waals surface area contributed by atoms with Crippen molar-refractivity contribution in [3.8, 4) is 0 Å². The molecule has 0 aromatic heterocycles. The highest BCUT2D eigenvalue weighted by Gasteiger charge is 2.15. The number of carbonyl (C=O) groups excluding carboxylic acids is 1. The molecule has 19 heavy (non-hydrogen) atoms. The average Bonchev–Trinajstić information content (AvgIpc) is 2.39. The Labute approximate surface area is 116 Å². The Bertz CT molecular complexity index is 427. The highest BCUT2D eigenvalue weighted by molar-refractivity contribution is 5.82. The number of hydrogen-bond acceptors (Lipinski definition) is 3. The maximum Gasteiger partial charge on any atom is 0.242 e. The average molecular weight is 263 g/mol. The van der Waals surface area contributed by atoms with Crippen LogP contribution in [-0.4, -0.2) is 37.5 Å². The molecule has 0 unspecified atom stereocenters. The lowest BCUT2D eigenvalue weighted by molar-refractivity contribution is -0.129. The fourth-order valence-electron chi connectivity index (χ4n) is 2.39. The van der Waals surface area contributed by atoms with E-state index in [1.807, 2.05) is 55.8 Å². The van der Waals surface area contributed by atoms with Gasteiger partial charge in [-0.2, -0.15) is 0 Å². The lowest BCUT2D eigenvalue weighted by atomic mass is 10.1. The number of amides is 1. The number of para-hydroxylation sites is 1. The Morgan fingerprint density at radius 1 is 1.26 bits per heavy atom. The molecule has 0 spiro atoms. The molecule has 2 N–H and O–H groups in total. The van der Waals surface area contributed by atoms with Gasteiger partial charge in [-0.3, -0.25) is 4.79 Å². The molecule has 1 aromatic carbocycles. The van der Waals surface area contributed by atoms with Gasteiger partial charge >= 0.3 is 0 Å². The summed E-state index contributed by atoms with van der Waals surface area (Å²) in [6.45, 7) is 8.43. The van der Waals surface area contributed by atoms with E-state index in [0.29, 0.717) is 13.1 Å². The van der Waals surface area contributed by atoms with Crippen molar-refractivity contribution in [2.45, 2.75) is 27.3 Å². The number of carbonyl (C=O) groups is 1. The van der Waals surface area contributed by atoms with E-state index in [9.17, 15) is 4.79 Å². The van der Waals surface area contributed by atoms with Gasteiger partial charge in [-0.25, -0.2) is 0 Å². The summed E-state index contributed by atoms with van der Waals surface area (Å²) >= 11 is 0. The van der Waals surface area contributed by atoms with Crippen molar-refractivity contribution in [3.63, 3.8) is 0 Å². The van der Waals surface area contributed by atoms with Gasteiger partial charge in [0.25, 0.3) is 0 Å². The molecule has 0 aliphatic carbocycles. The minimum atomic E-state index is 0.152. The van der Waals surface area contributed by atoms with E-state index >= 15 is 0 Å². The third-order valence-corrected chi connectivity index (χ3v) is 3.41. The number of nitrogens with zero attached hydrogens (tertiary/aromatic N) is 2. The molecule has 0 saturated carbocycles. The molecule has 106 valence electrons. The summed E-state index contributed by atoms with van der Waals surface area (Å²) in [5.41, 5.74) is 9.08. The molecule has 0 aliphatic rings. The first-order valence-electron chi connectivity index (χ1n) is 6.82. The number of likely N-dealkylation sites (N-methyl/N-ethyl adjacent to an activating group) is 2. The van der Waals surface area contributed by atoms with Crippen LogP contribution < -0.4 is 10.6 Å². The van der Waals surface area contributed by atoms with E-state index in [2.05, 4.69) is 0 Å². The van der Waals surface area contributed by atoms with Crippen LogP contribution in [0.1, 0.15) is 25.0 Å². The zero-order chi connectivity index (χ0) is 14.4. The fraction of sp³-hybridized carbons (Fsp3) is 0.533. The Balaban J connectivity index is 2.89. The highest BCUT2D eigenvalue weighted by Crippen LogP contribution is 2.23. The summed E-state index contributed by atoms with van der Waals surface area (Å²) in [6.07, 6.45) is 0. The topological polar surface area (TPSA) is 49.6 Å². The highest BCUT2D eigenvalue weighted by atomic mass is 16.2. The number of aryl methyl sites for hydroxylation is 1. The number of anilines is 1. The first-order chi connectivity index (χ1) is 9.04. The summed E-state index contributed by atoms with van der Waals surface area (Å²) in [7, 11) is 1.95. The smallest absolute Gasteiger partial charge is 0.242 e. The SMILES string of the molecule is CCN(CC)C(=O)CN(C)c1c(C)cccc1CN. The van der Waals surface area contributed by atoms with Gasteiger partial charge in [-0.15, -0.1) is 0 Å². The van der Waals surface area contributed by atoms with Crippen LogP contribution in [0.3, 0.4) is 0 Å². The van der Waals surface area contributed by atoms with E-state index in [0.717, 1.165) is 29.9 Å². The van der Waals surface area contributed by atoms with Crippen molar-refractivity contribution < 1.29 is 4.79 Å². The minimum Gasteiger partial charge on any atom is -0.365 e. The third kappa shape index (κ3) is 3.70. The Kier molecular flexibility index (Phi) is 5.83. The van der Waals surface area contributed by atoms with E-state index < -0.39 is 0 Å². The Morgan fingerprint density at radius 3 is 2.42 bits per heavy atom. The normalized spacial score (nSPS) is 10.4. The summed E-state index contributed by atoms with van der Waals surface area (Å²) < 4.78 is 0. The molecule has 0 bridgehead atoms. The molecule has 4 nitrogen and oxygen atoms in total. The molecule has 0 saturated heterocycles. The maximum absolute atomic E-state index is 12.2. The second kappa shape index (κ2) is 7.14.